The van der Waals surface area contributed by atoms with E-state index < -0.39 is 15.9 Å². The molecule has 0 aliphatic carbocycles. The molecule has 4 rings (SSSR count). The molecule has 220 valence electrons. The normalized spacial score (nSPS) is 16.7. The number of nitrogen functional groups attached to an aromatic ring is 1. The number of sulfonamides is 1. The van der Waals surface area contributed by atoms with Crippen LogP contribution >= 0.6 is 0 Å². The number of nitrogens with one attached hydrogen (secondary N) is 1. The number of nitrogens with two attached hydrogens (primary N) is 1. The van der Waals surface area contributed by atoms with Crippen molar-refractivity contribution >= 4 is 27.6 Å². The first-order valence-electron chi connectivity index (χ1n) is 13.6. The Labute approximate surface area is 241 Å². The minimum atomic E-state index is -4.27. The molecule has 0 radical (unpaired) electrons. The fourth-order valence-electron chi connectivity index (χ4n) is 4.74. The summed E-state index contributed by atoms with van der Waals surface area (Å²) in [7, 11) is -4.27. The predicted molar refractivity (Wildman–Crippen MR) is 157 cm³/mol. The standard InChI is InChI=1S/C29H38N6O5S/c1-18(2)39-14-15-40-28-19(3)16-21(17-32-28)23-10-9-22(26(33-23)35-13-11-20(4)29(35,5)6)27(36)34-41(37,38)24-8-7-12-31-25(24)30/h7-10,12,16-18,20H,11,13-15H2,1-6H3,(H2,30,31)(H,34,36). The number of carbonyl (C=O) groups is 1. The van der Waals surface area contributed by atoms with E-state index in [1.54, 1.807) is 18.3 Å². The summed E-state index contributed by atoms with van der Waals surface area (Å²) in [5.74, 6) is 0.222. The van der Waals surface area contributed by atoms with Gasteiger partial charge in [-0.2, -0.15) is 0 Å². The van der Waals surface area contributed by atoms with Crippen molar-refractivity contribution in [2.45, 2.75) is 64.5 Å². The van der Waals surface area contributed by atoms with Crippen LogP contribution < -0.4 is 20.1 Å². The highest BCUT2D eigenvalue weighted by atomic mass is 32.2. The van der Waals surface area contributed by atoms with Gasteiger partial charge in [-0.3, -0.25) is 4.79 Å². The zero-order chi connectivity index (χ0) is 29.9. The molecule has 0 bridgehead atoms. The second-order valence-electron chi connectivity index (χ2n) is 11.0. The molecule has 1 amide bonds. The van der Waals surface area contributed by atoms with Crippen LogP contribution in [0.3, 0.4) is 0 Å². The molecular weight excluding hydrogens is 544 g/mol. The Bertz CT molecular complexity index is 1530. The van der Waals surface area contributed by atoms with Crippen molar-refractivity contribution in [1.29, 1.82) is 0 Å². The van der Waals surface area contributed by atoms with E-state index in [4.69, 9.17) is 20.2 Å². The lowest BCUT2D eigenvalue weighted by molar-refractivity contribution is 0.0541. The Hall–Kier alpha value is -3.77. The molecule has 0 aromatic carbocycles. The van der Waals surface area contributed by atoms with Crippen LogP contribution in [0, 0.1) is 12.8 Å². The van der Waals surface area contributed by atoms with Crippen LogP contribution in [0.4, 0.5) is 11.6 Å². The molecule has 3 N–H and O–H groups in total. The van der Waals surface area contributed by atoms with E-state index in [2.05, 4.69) is 40.4 Å². The lowest BCUT2D eigenvalue weighted by atomic mass is 9.90. The topological polar surface area (TPSA) is 150 Å². The van der Waals surface area contributed by atoms with Gasteiger partial charge in [0.25, 0.3) is 15.9 Å². The first kappa shape index (κ1) is 30.2. The Morgan fingerprint density at radius 3 is 2.61 bits per heavy atom. The molecule has 1 aliphatic heterocycles. The van der Waals surface area contributed by atoms with Crippen molar-refractivity contribution in [2.24, 2.45) is 5.92 Å². The summed E-state index contributed by atoms with van der Waals surface area (Å²) in [4.78, 5) is 28.5. The number of aryl methyl sites for hydroxylation is 1. The lowest BCUT2D eigenvalue weighted by Crippen LogP contribution is -2.43. The molecule has 0 saturated carbocycles. The zero-order valence-corrected chi connectivity index (χ0v) is 25.2. The number of pyridine rings is 3. The van der Waals surface area contributed by atoms with E-state index in [0.29, 0.717) is 43.1 Å². The summed E-state index contributed by atoms with van der Waals surface area (Å²) >= 11 is 0. The summed E-state index contributed by atoms with van der Waals surface area (Å²) in [6, 6.07) is 7.94. The fraction of sp³-hybridized carbons (Fsp3) is 0.448. The van der Waals surface area contributed by atoms with Crippen LogP contribution in [0.5, 0.6) is 5.88 Å². The van der Waals surface area contributed by atoms with Crippen LogP contribution in [0.15, 0.2) is 47.6 Å². The van der Waals surface area contributed by atoms with Gasteiger partial charge in [-0.05, 0) is 77.3 Å². The van der Waals surface area contributed by atoms with E-state index >= 15 is 0 Å². The number of amides is 1. The maximum atomic E-state index is 13.5. The van der Waals surface area contributed by atoms with Crippen molar-refractivity contribution in [3.05, 3.63) is 53.9 Å². The number of carbonyl (C=O) groups excluding carboxylic acids is 1. The average Bonchev–Trinajstić information content (AvgIpc) is 3.18. The summed E-state index contributed by atoms with van der Waals surface area (Å²) in [5.41, 5.74) is 7.74. The molecule has 12 heteroatoms. The Kier molecular flexibility index (Phi) is 8.83. The molecule has 3 aromatic rings. The summed E-state index contributed by atoms with van der Waals surface area (Å²) in [5, 5.41) is 0. The SMILES string of the molecule is Cc1cc(-c2ccc(C(=O)NS(=O)(=O)c3cccnc3N)c(N3CCC(C)C3(C)C)n2)cnc1OCCOC(C)C. The van der Waals surface area contributed by atoms with E-state index in [1.807, 2.05) is 26.8 Å². The quantitative estimate of drug-likeness (QED) is 0.336. The van der Waals surface area contributed by atoms with Crippen molar-refractivity contribution in [2.75, 3.05) is 30.4 Å². The van der Waals surface area contributed by atoms with Crippen LogP contribution in [0.25, 0.3) is 11.3 Å². The molecule has 3 aromatic heterocycles. The molecule has 11 nitrogen and oxygen atoms in total. The number of rotatable bonds is 10. The van der Waals surface area contributed by atoms with E-state index in [0.717, 1.165) is 17.5 Å². The van der Waals surface area contributed by atoms with Crippen molar-refractivity contribution < 1.29 is 22.7 Å². The predicted octanol–water partition coefficient (Wildman–Crippen LogP) is 3.98. The van der Waals surface area contributed by atoms with E-state index in [9.17, 15) is 13.2 Å². The zero-order valence-electron chi connectivity index (χ0n) is 24.3. The van der Waals surface area contributed by atoms with Gasteiger partial charge in [-0.1, -0.05) is 6.92 Å². The van der Waals surface area contributed by atoms with Gasteiger partial charge in [-0.15, -0.1) is 0 Å². The van der Waals surface area contributed by atoms with Crippen molar-refractivity contribution in [3.63, 3.8) is 0 Å². The monoisotopic (exact) mass is 582 g/mol. The number of hydrogen-bond acceptors (Lipinski definition) is 10. The van der Waals surface area contributed by atoms with Gasteiger partial charge in [0.05, 0.1) is 24.0 Å². The van der Waals surface area contributed by atoms with Gasteiger partial charge < -0.3 is 20.1 Å². The van der Waals surface area contributed by atoms with Gasteiger partial charge in [0, 0.05) is 35.6 Å². The molecule has 41 heavy (non-hydrogen) atoms. The summed E-state index contributed by atoms with van der Waals surface area (Å²) in [6.45, 7) is 13.7. The molecule has 1 aliphatic rings. The highest BCUT2D eigenvalue weighted by Crippen LogP contribution is 2.39. The molecule has 1 unspecified atom stereocenters. The van der Waals surface area contributed by atoms with E-state index in [1.165, 1.54) is 18.3 Å². The van der Waals surface area contributed by atoms with Crippen LogP contribution in [0.1, 0.15) is 57.0 Å². The Morgan fingerprint density at radius 1 is 1.22 bits per heavy atom. The van der Waals surface area contributed by atoms with Gasteiger partial charge in [0.15, 0.2) is 0 Å². The maximum Gasteiger partial charge on any atom is 0.268 e. The number of nitrogens with zero attached hydrogens (tertiary/aromatic N) is 4. The van der Waals surface area contributed by atoms with Crippen LogP contribution in [-0.4, -0.2) is 60.7 Å². The Balaban J connectivity index is 1.68. The minimum Gasteiger partial charge on any atom is -0.475 e. The van der Waals surface area contributed by atoms with Crippen molar-refractivity contribution in [1.82, 2.24) is 19.7 Å². The molecule has 1 atom stereocenters. The number of aromatic nitrogens is 3. The second-order valence-corrected chi connectivity index (χ2v) is 12.6. The number of anilines is 2. The molecule has 4 heterocycles. The van der Waals surface area contributed by atoms with Crippen LogP contribution in [0.2, 0.25) is 0 Å². The van der Waals surface area contributed by atoms with Gasteiger partial charge in [-0.25, -0.2) is 28.1 Å². The smallest absolute Gasteiger partial charge is 0.268 e. The van der Waals surface area contributed by atoms with Crippen LogP contribution in [-0.2, 0) is 14.8 Å². The number of hydrogen-bond donors (Lipinski definition) is 2. The molecular formula is C29H38N6O5S. The molecule has 1 fully saturated rings. The largest absolute Gasteiger partial charge is 0.475 e. The summed E-state index contributed by atoms with van der Waals surface area (Å²) in [6.07, 6.45) is 4.07. The van der Waals surface area contributed by atoms with E-state index in [-0.39, 0.29) is 27.9 Å². The highest BCUT2D eigenvalue weighted by molar-refractivity contribution is 7.90. The number of ether oxygens (including phenoxy) is 2. The Morgan fingerprint density at radius 2 is 1.98 bits per heavy atom. The maximum absolute atomic E-state index is 13.5. The first-order chi connectivity index (χ1) is 19.3. The molecule has 1 saturated heterocycles. The van der Waals surface area contributed by atoms with Gasteiger partial charge >= 0.3 is 0 Å². The van der Waals surface area contributed by atoms with Gasteiger partial charge in [0.1, 0.15) is 23.1 Å². The first-order valence-corrected chi connectivity index (χ1v) is 15.1. The third kappa shape index (κ3) is 6.59. The highest BCUT2D eigenvalue weighted by Gasteiger charge is 2.41. The van der Waals surface area contributed by atoms with Crippen molar-refractivity contribution in [3.8, 4) is 17.1 Å². The third-order valence-electron chi connectivity index (χ3n) is 7.48. The molecule has 0 spiro atoms. The summed E-state index contributed by atoms with van der Waals surface area (Å²) < 4.78 is 39.5. The fourth-order valence-corrected chi connectivity index (χ4v) is 5.79. The second kappa shape index (κ2) is 12.0. The average molecular weight is 583 g/mol. The lowest BCUT2D eigenvalue weighted by Gasteiger charge is -2.36. The van der Waals surface area contributed by atoms with Gasteiger partial charge in [0.2, 0.25) is 5.88 Å². The third-order valence-corrected chi connectivity index (χ3v) is 8.86. The minimum absolute atomic E-state index is 0.123.